The van der Waals surface area contributed by atoms with Crippen LogP contribution in [-0.2, 0) is 6.54 Å². The van der Waals surface area contributed by atoms with Crippen LogP contribution in [0.4, 0.5) is 0 Å². The Kier molecular flexibility index (Phi) is 3.74. The van der Waals surface area contributed by atoms with E-state index >= 15 is 0 Å². The molecule has 0 saturated heterocycles. The van der Waals surface area contributed by atoms with E-state index in [2.05, 4.69) is 26.2 Å². The monoisotopic (exact) mass is 357 g/mol. The summed E-state index contributed by atoms with van der Waals surface area (Å²) in [6.07, 6.45) is 11.2. The van der Waals surface area contributed by atoms with Crippen molar-refractivity contribution in [3.8, 4) is 11.1 Å². The number of carbonyl (C=O) groups excluding carboxylic acids is 1. The zero-order valence-corrected chi connectivity index (χ0v) is 14.7. The summed E-state index contributed by atoms with van der Waals surface area (Å²) in [6.45, 7) is 0.594. The van der Waals surface area contributed by atoms with E-state index in [0.717, 1.165) is 46.0 Å². The average molecular weight is 357 g/mol. The third kappa shape index (κ3) is 2.99. The molecule has 0 unspecified atom stereocenters. The number of nitrogens with zero attached hydrogens (tertiary/aromatic N) is 3. The van der Waals surface area contributed by atoms with E-state index in [1.807, 2.05) is 47.8 Å². The number of H-pyrrole nitrogens is 2. The van der Waals surface area contributed by atoms with E-state index in [9.17, 15) is 4.79 Å². The van der Waals surface area contributed by atoms with Crippen LogP contribution in [-0.4, -0.2) is 37.0 Å². The Bertz CT molecular complexity index is 1080. The van der Waals surface area contributed by atoms with Crippen molar-refractivity contribution in [2.45, 2.75) is 25.4 Å². The van der Waals surface area contributed by atoms with Crippen molar-refractivity contribution in [3.63, 3.8) is 0 Å². The van der Waals surface area contributed by atoms with Crippen LogP contribution in [0, 0.1) is 0 Å². The summed E-state index contributed by atoms with van der Waals surface area (Å²) in [4.78, 5) is 22.7. The minimum absolute atomic E-state index is 0.0728. The van der Waals surface area contributed by atoms with Gasteiger partial charge in [-0.3, -0.25) is 14.9 Å². The van der Waals surface area contributed by atoms with Gasteiger partial charge in [-0.15, -0.1) is 0 Å². The molecular formula is C21H19N5O. The molecule has 2 N–H and O–H groups in total. The lowest BCUT2D eigenvalue weighted by atomic mass is 10.1. The number of aromatic nitrogens is 4. The first-order chi connectivity index (χ1) is 13.3. The summed E-state index contributed by atoms with van der Waals surface area (Å²) >= 11 is 0. The van der Waals surface area contributed by atoms with Crippen LogP contribution in [0.25, 0.3) is 22.0 Å². The topological polar surface area (TPSA) is 77.7 Å². The fraction of sp³-hybridized carbons (Fsp3) is 0.190. The average Bonchev–Trinajstić information content (AvgIpc) is 3.23. The number of rotatable bonds is 5. The van der Waals surface area contributed by atoms with Crippen LogP contribution in [0.5, 0.6) is 0 Å². The molecule has 0 radical (unpaired) electrons. The van der Waals surface area contributed by atoms with E-state index in [1.165, 1.54) is 0 Å². The molecule has 5 rings (SSSR count). The minimum Gasteiger partial charge on any atom is -0.360 e. The zero-order valence-electron chi connectivity index (χ0n) is 14.7. The molecule has 0 atom stereocenters. The second kappa shape index (κ2) is 6.39. The summed E-state index contributed by atoms with van der Waals surface area (Å²) in [7, 11) is 0. The molecule has 1 fully saturated rings. The van der Waals surface area contributed by atoms with Gasteiger partial charge in [0.05, 0.1) is 11.8 Å². The van der Waals surface area contributed by atoms with Crippen LogP contribution in [0.15, 0.2) is 61.3 Å². The number of aromatic amines is 2. The molecule has 1 aliphatic carbocycles. The van der Waals surface area contributed by atoms with Gasteiger partial charge >= 0.3 is 0 Å². The van der Waals surface area contributed by atoms with E-state index in [4.69, 9.17) is 0 Å². The van der Waals surface area contributed by atoms with Crippen LogP contribution < -0.4 is 0 Å². The summed E-state index contributed by atoms with van der Waals surface area (Å²) in [5, 5.41) is 7.78. The number of carbonyl (C=O) groups is 1. The Morgan fingerprint density at radius 1 is 1.15 bits per heavy atom. The standard InChI is InChI=1S/C21H19N5O/c27-21(26(17-4-5-17)13-14-2-1-7-22-9-14)19-12-23-20-8-15(3-6-18(19)20)16-10-24-25-11-16/h1-3,6-12,17,23H,4-5,13H2,(H,24,25). The van der Waals surface area contributed by atoms with E-state index < -0.39 is 0 Å². The van der Waals surface area contributed by atoms with Gasteiger partial charge in [-0.2, -0.15) is 5.10 Å². The van der Waals surface area contributed by atoms with Gasteiger partial charge in [0, 0.05) is 53.8 Å². The highest BCUT2D eigenvalue weighted by atomic mass is 16.2. The van der Waals surface area contributed by atoms with Crippen molar-refractivity contribution >= 4 is 16.8 Å². The van der Waals surface area contributed by atoms with E-state index in [0.29, 0.717) is 12.6 Å². The van der Waals surface area contributed by atoms with Gasteiger partial charge in [-0.25, -0.2) is 0 Å². The van der Waals surface area contributed by atoms with Crippen molar-refractivity contribution in [1.29, 1.82) is 0 Å². The molecule has 3 heterocycles. The van der Waals surface area contributed by atoms with Crippen LogP contribution in [0.2, 0.25) is 0 Å². The fourth-order valence-corrected chi connectivity index (χ4v) is 3.49. The first-order valence-electron chi connectivity index (χ1n) is 9.10. The van der Waals surface area contributed by atoms with Gasteiger partial charge in [0.1, 0.15) is 0 Å². The molecule has 6 heteroatoms. The summed E-state index contributed by atoms with van der Waals surface area (Å²) < 4.78 is 0. The molecule has 6 nitrogen and oxygen atoms in total. The maximum absolute atomic E-state index is 13.3. The molecule has 0 aliphatic heterocycles. The highest BCUT2D eigenvalue weighted by molar-refractivity contribution is 6.07. The van der Waals surface area contributed by atoms with Crippen molar-refractivity contribution in [3.05, 3.63) is 72.4 Å². The van der Waals surface area contributed by atoms with Crippen molar-refractivity contribution in [1.82, 2.24) is 25.1 Å². The molecule has 0 spiro atoms. The van der Waals surface area contributed by atoms with Gasteiger partial charge in [0.15, 0.2) is 0 Å². The van der Waals surface area contributed by atoms with Crippen LogP contribution in [0.1, 0.15) is 28.8 Å². The maximum atomic E-state index is 13.3. The largest absolute Gasteiger partial charge is 0.360 e. The van der Waals surface area contributed by atoms with Gasteiger partial charge in [-0.05, 0) is 36.1 Å². The maximum Gasteiger partial charge on any atom is 0.256 e. The SMILES string of the molecule is O=C(c1c[nH]c2cc(-c3cn[nH]c3)ccc12)N(Cc1cccnc1)C1CC1. The highest BCUT2D eigenvalue weighted by Crippen LogP contribution is 2.32. The first-order valence-corrected chi connectivity index (χ1v) is 9.10. The number of hydrogen-bond donors (Lipinski definition) is 2. The Hall–Kier alpha value is -3.41. The smallest absolute Gasteiger partial charge is 0.256 e. The Morgan fingerprint density at radius 3 is 2.81 bits per heavy atom. The Labute approximate surface area is 156 Å². The predicted molar refractivity (Wildman–Crippen MR) is 103 cm³/mol. The third-order valence-corrected chi connectivity index (χ3v) is 5.07. The number of hydrogen-bond acceptors (Lipinski definition) is 3. The van der Waals surface area contributed by atoms with Crippen molar-refractivity contribution < 1.29 is 4.79 Å². The second-order valence-corrected chi connectivity index (χ2v) is 6.98. The molecule has 27 heavy (non-hydrogen) atoms. The number of amides is 1. The van der Waals surface area contributed by atoms with Crippen molar-refractivity contribution in [2.75, 3.05) is 0 Å². The Balaban J connectivity index is 1.47. The molecule has 4 aromatic rings. The Morgan fingerprint density at radius 2 is 2.07 bits per heavy atom. The normalized spacial score (nSPS) is 13.8. The van der Waals surface area contributed by atoms with Gasteiger partial charge in [0.2, 0.25) is 0 Å². The second-order valence-electron chi connectivity index (χ2n) is 6.98. The lowest BCUT2D eigenvalue weighted by Gasteiger charge is -2.22. The molecule has 1 saturated carbocycles. The summed E-state index contributed by atoms with van der Waals surface area (Å²) in [5.74, 6) is 0.0728. The molecule has 1 amide bonds. The highest BCUT2D eigenvalue weighted by Gasteiger charge is 2.34. The molecule has 3 aromatic heterocycles. The molecular weight excluding hydrogens is 338 g/mol. The molecule has 1 aromatic carbocycles. The lowest BCUT2D eigenvalue weighted by molar-refractivity contribution is 0.0732. The van der Waals surface area contributed by atoms with Gasteiger partial charge in [-0.1, -0.05) is 18.2 Å². The van der Waals surface area contributed by atoms with E-state index in [1.54, 1.807) is 12.4 Å². The van der Waals surface area contributed by atoms with Crippen LogP contribution in [0.3, 0.4) is 0 Å². The molecule has 0 bridgehead atoms. The molecule has 134 valence electrons. The van der Waals surface area contributed by atoms with Gasteiger partial charge in [0.25, 0.3) is 5.91 Å². The lowest BCUT2D eigenvalue weighted by Crippen LogP contribution is -2.32. The number of benzene rings is 1. The minimum atomic E-state index is 0.0728. The summed E-state index contributed by atoms with van der Waals surface area (Å²) in [5.41, 5.74) is 4.82. The number of pyridine rings is 1. The van der Waals surface area contributed by atoms with Crippen LogP contribution >= 0.6 is 0 Å². The number of fused-ring (bicyclic) bond motifs is 1. The van der Waals surface area contributed by atoms with Crippen molar-refractivity contribution in [2.24, 2.45) is 0 Å². The van der Waals surface area contributed by atoms with E-state index in [-0.39, 0.29) is 5.91 Å². The fourth-order valence-electron chi connectivity index (χ4n) is 3.49. The first kappa shape index (κ1) is 15.8. The number of nitrogens with one attached hydrogen (secondary N) is 2. The van der Waals surface area contributed by atoms with Gasteiger partial charge < -0.3 is 9.88 Å². The summed E-state index contributed by atoms with van der Waals surface area (Å²) in [6, 6.07) is 10.3. The quantitative estimate of drug-likeness (QED) is 0.571. The molecule has 1 aliphatic rings. The zero-order chi connectivity index (χ0) is 18.2. The predicted octanol–water partition coefficient (Wildman–Crippen LogP) is 3.76. The third-order valence-electron chi connectivity index (χ3n) is 5.07.